The van der Waals surface area contributed by atoms with Gasteiger partial charge in [-0.1, -0.05) is 12.1 Å². The maximum atomic E-state index is 12.2. The van der Waals surface area contributed by atoms with Crippen molar-refractivity contribution >= 4 is 17.4 Å². The molecular weight excluding hydrogens is 292 g/mol. The van der Waals surface area contributed by atoms with Gasteiger partial charge in [0.2, 0.25) is 0 Å². The zero-order valence-corrected chi connectivity index (χ0v) is 11.8. The summed E-state index contributed by atoms with van der Waals surface area (Å²) in [5, 5.41) is 13.3. The fourth-order valence-electron chi connectivity index (χ4n) is 1.86. The number of rotatable bonds is 3. The lowest BCUT2D eigenvalue weighted by Gasteiger charge is -2.10. The summed E-state index contributed by atoms with van der Waals surface area (Å²) in [6.07, 6.45) is 0. The van der Waals surface area contributed by atoms with Crippen LogP contribution in [0.2, 0.25) is 0 Å². The maximum Gasteiger partial charge on any atom is 0.332 e. The van der Waals surface area contributed by atoms with Crippen molar-refractivity contribution in [2.45, 2.75) is 0 Å². The molecule has 9 heteroatoms. The van der Waals surface area contributed by atoms with Crippen molar-refractivity contribution in [1.29, 1.82) is 0 Å². The fraction of sp³-hybridized carbons (Fsp3) is 0.154. The van der Waals surface area contributed by atoms with E-state index in [1.807, 2.05) is 0 Å². The van der Waals surface area contributed by atoms with Crippen LogP contribution in [0.3, 0.4) is 0 Å². The van der Waals surface area contributed by atoms with E-state index in [1.165, 1.54) is 38.4 Å². The van der Waals surface area contributed by atoms with Gasteiger partial charge < -0.3 is 5.32 Å². The molecule has 0 bridgehead atoms. The molecule has 0 aliphatic heterocycles. The Labute approximate surface area is 123 Å². The summed E-state index contributed by atoms with van der Waals surface area (Å²) in [5.41, 5.74) is -1.75. The number of para-hydroxylation sites is 1. The lowest BCUT2D eigenvalue weighted by atomic mass is 10.1. The highest BCUT2D eigenvalue weighted by Gasteiger charge is 2.20. The van der Waals surface area contributed by atoms with Crippen molar-refractivity contribution in [3.8, 4) is 0 Å². The molecule has 0 saturated carbocycles. The van der Waals surface area contributed by atoms with Gasteiger partial charge in [-0.15, -0.1) is 0 Å². The van der Waals surface area contributed by atoms with Crippen LogP contribution < -0.4 is 16.6 Å². The number of carbonyl (C=O) groups excluding carboxylic acids is 1. The SMILES string of the molecule is Cn1c(NC(=O)c2ccccc2[N+](=O)[O-])cc(=O)n(C)c1=O. The molecule has 22 heavy (non-hydrogen) atoms. The topological polar surface area (TPSA) is 116 Å². The van der Waals surface area contributed by atoms with Crippen LogP contribution in [0.4, 0.5) is 11.5 Å². The first-order valence-corrected chi connectivity index (χ1v) is 6.14. The molecule has 2 rings (SSSR count). The van der Waals surface area contributed by atoms with E-state index in [2.05, 4.69) is 5.32 Å². The fourth-order valence-corrected chi connectivity index (χ4v) is 1.86. The molecule has 1 aromatic carbocycles. The van der Waals surface area contributed by atoms with Crippen LogP contribution in [-0.2, 0) is 14.1 Å². The van der Waals surface area contributed by atoms with Gasteiger partial charge in [0, 0.05) is 26.2 Å². The van der Waals surface area contributed by atoms with Gasteiger partial charge in [0.25, 0.3) is 17.2 Å². The average Bonchev–Trinajstić information content (AvgIpc) is 2.50. The number of nitrogens with zero attached hydrogens (tertiary/aromatic N) is 3. The number of nitrogens with one attached hydrogen (secondary N) is 1. The summed E-state index contributed by atoms with van der Waals surface area (Å²) >= 11 is 0. The standard InChI is InChI=1S/C13H12N4O5/c1-15-10(7-11(18)16(2)13(15)20)14-12(19)8-5-3-4-6-9(8)17(21)22/h3-7H,1-2H3,(H,14,19). The van der Waals surface area contributed by atoms with E-state index in [0.717, 1.165) is 15.2 Å². The number of nitro benzene ring substituents is 1. The first-order valence-electron chi connectivity index (χ1n) is 6.14. The van der Waals surface area contributed by atoms with Crippen molar-refractivity contribution in [1.82, 2.24) is 9.13 Å². The molecule has 9 nitrogen and oxygen atoms in total. The molecule has 0 radical (unpaired) electrons. The van der Waals surface area contributed by atoms with Crippen LogP contribution in [0.25, 0.3) is 0 Å². The summed E-state index contributed by atoms with van der Waals surface area (Å²) in [6, 6.07) is 6.45. The van der Waals surface area contributed by atoms with Crippen LogP contribution in [0.5, 0.6) is 0 Å². The van der Waals surface area contributed by atoms with Gasteiger partial charge in [-0.3, -0.25) is 28.8 Å². The molecule has 0 unspecified atom stereocenters. The number of aromatic nitrogens is 2. The van der Waals surface area contributed by atoms with Crippen molar-refractivity contribution in [3.63, 3.8) is 0 Å². The number of anilines is 1. The number of hydrogen-bond acceptors (Lipinski definition) is 5. The number of amides is 1. The minimum absolute atomic E-state index is 0.0451. The second-order valence-electron chi connectivity index (χ2n) is 4.50. The molecule has 0 fully saturated rings. The summed E-state index contributed by atoms with van der Waals surface area (Å²) < 4.78 is 1.94. The van der Waals surface area contributed by atoms with E-state index in [0.29, 0.717) is 0 Å². The van der Waals surface area contributed by atoms with E-state index >= 15 is 0 Å². The Hall–Kier alpha value is -3.23. The molecule has 1 N–H and O–H groups in total. The van der Waals surface area contributed by atoms with Crippen molar-refractivity contribution < 1.29 is 9.72 Å². The molecule has 2 aromatic rings. The van der Waals surface area contributed by atoms with Crippen LogP contribution in [0.15, 0.2) is 39.9 Å². The van der Waals surface area contributed by atoms with E-state index in [1.54, 1.807) is 0 Å². The molecule has 1 amide bonds. The Morgan fingerprint density at radius 2 is 1.82 bits per heavy atom. The zero-order valence-electron chi connectivity index (χ0n) is 11.8. The van der Waals surface area contributed by atoms with E-state index < -0.39 is 22.1 Å². The largest absolute Gasteiger partial charge is 0.332 e. The third-order valence-electron chi connectivity index (χ3n) is 3.11. The number of hydrogen-bond donors (Lipinski definition) is 1. The molecule has 1 heterocycles. The average molecular weight is 304 g/mol. The lowest BCUT2D eigenvalue weighted by molar-refractivity contribution is -0.385. The minimum Gasteiger partial charge on any atom is -0.307 e. The lowest BCUT2D eigenvalue weighted by Crippen LogP contribution is -2.38. The van der Waals surface area contributed by atoms with E-state index in [9.17, 15) is 24.5 Å². The summed E-state index contributed by atoms with van der Waals surface area (Å²) in [6.45, 7) is 0. The van der Waals surface area contributed by atoms with E-state index in [4.69, 9.17) is 0 Å². The highest BCUT2D eigenvalue weighted by atomic mass is 16.6. The zero-order chi connectivity index (χ0) is 16.4. The van der Waals surface area contributed by atoms with Gasteiger partial charge in [-0.25, -0.2) is 4.79 Å². The number of carbonyl (C=O) groups is 1. The predicted octanol–water partition coefficient (Wildman–Crippen LogP) is 0.244. The predicted molar refractivity (Wildman–Crippen MR) is 78.0 cm³/mol. The van der Waals surface area contributed by atoms with Crippen LogP contribution in [0.1, 0.15) is 10.4 Å². The monoisotopic (exact) mass is 304 g/mol. The molecule has 0 saturated heterocycles. The van der Waals surface area contributed by atoms with Crippen LogP contribution in [0, 0.1) is 10.1 Å². The van der Waals surface area contributed by atoms with Crippen LogP contribution in [-0.4, -0.2) is 20.0 Å². The molecule has 0 spiro atoms. The first kappa shape index (κ1) is 15.2. The second kappa shape index (κ2) is 5.64. The highest BCUT2D eigenvalue weighted by molar-refractivity contribution is 6.06. The molecule has 0 aliphatic carbocycles. The van der Waals surface area contributed by atoms with Crippen molar-refractivity contribution in [3.05, 3.63) is 66.8 Å². The van der Waals surface area contributed by atoms with E-state index in [-0.39, 0.29) is 17.1 Å². The quantitative estimate of drug-likeness (QED) is 0.644. The molecular formula is C13H12N4O5. The third kappa shape index (κ3) is 2.64. The normalized spacial score (nSPS) is 10.3. The van der Waals surface area contributed by atoms with Gasteiger partial charge in [0.05, 0.1) is 4.92 Å². The van der Waals surface area contributed by atoms with Crippen molar-refractivity contribution in [2.24, 2.45) is 14.1 Å². The summed E-state index contributed by atoms with van der Waals surface area (Å²) in [5.74, 6) is -0.827. The van der Waals surface area contributed by atoms with Crippen LogP contribution >= 0.6 is 0 Å². The van der Waals surface area contributed by atoms with Gasteiger partial charge in [-0.2, -0.15) is 0 Å². The second-order valence-corrected chi connectivity index (χ2v) is 4.50. The Balaban J connectivity index is 2.45. The Morgan fingerprint density at radius 3 is 2.45 bits per heavy atom. The Kier molecular flexibility index (Phi) is 3.89. The highest BCUT2D eigenvalue weighted by Crippen LogP contribution is 2.18. The number of nitro groups is 1. The maximum absolute atomic E-state index is 12.2. The molecule has 114 valence electrons. The minimum atomic E-state index is -0.782. The molecule has 1 aromatic heterocycles. The Bertz CT molecular complexity index is 881. The van der Waals surface area contributed by atoms with Gasteiger partial charge >= 0.3 is 5.69 Å². The molecule has 0 atom stereocenters. The smallest absolute Gasteiger partial charge is 0.307 e. The number of benzene rings is 1. The Morgan fingerprint density at radius 1 is 1.18 bits per heavy atom. The first-order chi connectivity index (χ1) is 10.3. The van der Waals surface area contributed by atoms with Gasteiger partial charge in [0.15, 0.2) is 0 Å². The summed E-state index contributed by atoms with van der Waals surface area (Å²) in [7, 11) is 2.68. The summed E-state index contributed by atoms with van der Waals surface area (Å²) in [4.78, 5) is 45.8. The van der Waals surface area contributed by atoms with Gasteiger partial charge in [-0.05, 0) is 6.07 Å². The van der Waals surface area contributed by atoms with Crippen molar-refractivity contribution in [2.75, 3.05) is 5.32 Å². The molecule has 0 aliphatic rings. The third-order valence-corrected chi connectivity index (χ3v) is 3.11. The van der Waals surface area contributed by atoms with Gasteiger partial charge in [0.1, 0.15) is 11.4 Å².